The van der Waals surface area contributed by atoms with Gasteiger partial charge < -0.3 is 20.3 Å². The molecule has 3 heterocycles. The maximum Gasteiger partial charge on any atom is 0.255 e. The molecule has 0 bridgehead atoms. The number of ether oxygens (including phenoxy) is 1. The molecule has 0 radical (unpaired) electrons. The summed E-state index contributed by atoms with van der Waals surface area (Å²) in [7, 11) is 1.50. The monoisotopic (exact) mass is 491 g/mol. The van der Waals surface area contributed by atoms with Crippen molar-refractivity contribution >= 4 is 22.5 Å². The number of rotatable bonds is 6. The highest BCUT2D eigenvalue weighted by Gasteiger charge is 2.31. The first-order chi connectivity index (χ1) is 17.3. The third kappa shape index (κ3) is 5.00. The molecule has 3 aromatic rings. The summed E-state index contributed by atoms with van der Waals surface area (Å²) in [5, 5.41) is 7.59. The number of carbonyl (C=O) groups is 1. The van der Waals surface area contributed by atoms with E-state index in [0.717, 1.165) is 66.9 Å². The molecule has 8 heteroatoms. The number of aryl methyl sites for hydroxylation is 1. The number of fused-ring (bicyclic) bond motifs is 1. The third-order valence-electron chi connectivity index (χ3n) is 7.19. The Morgan fingerprint density at radius 2 is 2.03 bits per heavy atom. The van der Waals surface area contributed by atoms with Crippen molar-refractivity contribution < 1.29 is 13.9 Å². The number of pyridine rings is 2. The quantitative estimate of drug-likeness (QED) is 0.523. The predicted molar refractivity (Wildman–Crippen MR) is 139 cm³/mol. The Morgan fingerprint density at radius 3 is 2.78 bits per heavy atom. The highest BCUT2D eigenvalue weighted by atomic mass is 19.1. The highest BCUT2D eigenvalue weighted by molar-refractivity contribution is 6.08. The highest BCUT2D eigenvalue weighted by Crippen LogP contribution is 2.43. The van der Waals surface area contributed by atoms with Gasteiger partial charge in [-0.1, -0.05) is 0 Å². The summed E-state index contributed by atoms with van der Waals surface area (Å²) < 4.78 is 19.3. The average Bonchev–Trinajstić information content (AvgIpc) is 3.71. The molecule has 190 valence electrons. The second kappa shape index (κ2) is 10.0. The van der Waals surface area contributed by atoms with E-state index in [9.17, 15) is 9.18 Å². The van der Waals surface area contributed by atoms with E-state index in [1.807, 2.05) is 13.8 Å². The van der Waals surface area contributed by atoms with Gasteiger partial charge in [0.1, 0.15) is 11.6 Å². The van der Waals surface area contributed by atoms with E-state index in [-0.39, 0.29) is 5.91 Å². The number of benzene rings is 1. The van der Waals surface area contributed by atoms with Gasteiger partial charge in [-0.05, 0) is 63.8 Å². The molecule has 1 amide bonds. The molecular formula is C28H34FN5O2. The Hall–Kier alpha value is -3.26. The summed E-state index contributed by atoms with van der Waals surface area (Å²) in [6.07, 6.45) is 4.93. The van der Waals surface area contributed by atoms with Crippen LogP contribution in [0.4, 0.5) is 10.1 Å². The Balaban J connectivity index is 1.56. The molecule has 5 rings (SSSR count). The molecule has 0 spiro atoms. The van der Waals surface area contributed by atoms with Crippen LogP contribution in [0.3, 0.4) is 0 Å². The fourth-order valence-corrected chi connectivity index (χ4v) is 5.03. The molecule has 0 unspecified atom stereocenters. The summed E-state index contributed by atoms with van der Waals surface area (Å²) in [6.45, 7) is 8.51. The Bertz CT molecular complexity index is 1290. The maximum absolute atomic E-state index is 14.1. The van der Waals surface area contributed by atoms with E-state index in [0.29, 0.717) is 28.8 Å². The van der Waals surface area contributed by atoms with Crippen LogP contribution in [0.1, 0.15) is 72.4 Å². The van der Waals surface area contributed by atoms with Crippen molar-refractivity contribution in [1.82, 2.24) is 20.6 Å². The van der Waals surface area contributed by atoms with Crippen molar-refractivity contribution in [2.75, 3.05) is 31.6 Å². The molecule has 2 N–H and O–H groups in total. The van der Waals surface area contributed by atoms with Crippen LogP contribution in [-0.4, -0.2) is 48.7 Å². The summed E-state index contributed by atoms with van der Waals surface area (Å²) in [4.78, 5) is 25.6. The Morgan fingerprint density at radius 1 is 1.22 bits per heavy atom. The van der Waals surface area contributed by atoms with Crippen LogP contribution in [0, 0.1) is 12.7 Å². The standard InChI is InChI=1S/C28H34FN5O2/c1-16-7-9-34(10-8-30-16)27-23-11-17(2)32-25(19-5-6-19)26(23)31-15-24(27)28(35)33-18(3)20-12-21(29)14-22(13-20)36-4/h11-16,18-19,30H,5-10H2,1-4H3,(H,33,35)/t16-,18-/m0/s1. The van der Waals surface area contributed by atoms with Gasteiger partial charge in [0.05, 0.1) is 35.6 Å². The number of methoxy groups -OCH3 is 1. The summed E-state index contributed by atoms with van der Waals surface area (Å²) in [6, 6.07) is 6.54. The van der Waals surface area contributed by atoms with E-state index >= 15 is 0 Å². The first kappa shape index (κ1) is 24.4. The van der Waals surface area contributed by atoms with E-state index in [4.69, 9.17) is 14.7 Å². The number of aromatic nitrogens is 2. The predicted octanol–water partition coefficient (Wildman–Crippen LogP) is 4.64. The lowest BCUT2D eigenvalue weighted by Crippen LogP contribution is -2.33. The van der Waals surface area contributed by atoms with Crippen molar-refractivity contribution in [3.8, 4) is 5.75 Å². The number of amides is 1. The molecule has 2 aliphatic rings. The fourth-order valence-electron chi connectivity index (χ4n) is 5.03. The Kier molecular flexibility index (Phi) is 6.79. The molecule has 1 aliphatic carbocycles. The van der Waals surface area contributed by atoms with Crippen molar-refractivity contribution in [2.45, 2.75) is 58.0 Å². The zero-order valence-corrected chi connectivity index (χ0v) is 21.4. The molecule has 1 aromatic carbocycles. The van der Waals surface area contributed by atoms with E-state index in [1.54, 1.807) is 12.3 Å². The summed E-state index contributed by atoms with van der Waals surface area (Å²) >= 11 is 0. The van der Waals surface area contributed by atoms with Crippen LogP contribution in [-0.2, 0) is 0 Å². The fraction of sp³-hybridized carbons (Fsp3) is 0.464. The number of halogens is 1. The van der Waals surface area contributed by atoms with Crippen LogP contribution in [0.25, 0.3) is 10.9 Å². The van der Waals surface area contributed by atoms with Gasteiger partial charge in [0.2, 0.25) is 0 Å². The lowest BCUT2D eigenvalue weighted by molar-refractivity contribution is 0.0940. The molecule has 7 nitrogen and oxygen atoms in total. The van der Waals surface area contributed by atoms with Gasteiger partial charge >= 0.3 is 0 Å². The zero-order valence-electron chi connectivity index (χ0n) is 21.4. The number of carbonyl (C=O) groups excluding carboxylic acids is 1. The van der Waals surface area contributed by atoms with Gasteiger partial charge in [-0.25, -0.2) is 4.39 Å². The SMILES string of the molecule is COc1cc(F)cc([C@H](C)NC(=O)c2cnc3c(C4CC4)nc(C)cc3c2N2CCN[C@@H](C)CC2)c1. The first-order valence-corrected chi connectivity index (χ1v) is 12.8. The lowest BCUT2D eigenvalue weighted by atomic mass is 10.0. The molecule has 2 atom stereocenters. The van der Waals surface area contributed by atoms with Crippen molar-refractivity contribution in [3.05, 3.63) is 58.8 Å². The number of nitrogens with zero attached hydrogens (tertiary/aromatic N) is 3. The average molecular weight is 492 g/mol. The second-order valence-corrected chi connectivity index (χ2v) is 10.1. The van der Waals surface area contributed by atoms with Crippen molar-refractivity contribution in [3.63, 3.8) is 0 Å². The number of nitrogens with one attached hydrogen (secondary N) is 2. The van der Waals surface area contributed by atoms with Gasteiger partial charge in [-0.2, -0.15) is 0 Å². The molecule has 36 heavy (non-hydrogen) atoms. The van der Waals surface area contributed by atoms with E-state index < -0.39 is 11.9 Å². The molecule has 1 saturated heterocycles. The zero-order chi connectivity index (χ0) is 25.4. The first-order valence-electron chi connectivity index (χ1n) is 12.8. The number of hydrogen-bond donors (Lipinski definition) is 2. The largest absolute Gasteiger partial charge is 0.497 e. The van der Waals surface area contributed by atoms with E-state index in [2.05, 4.69) is 28.5 Å². The minimum Gasteiger partial charge on any atom is -0.497 e. The minimum absolute atomic E-state index is 0.234. The molecule has 2 fully saturated rings. The maximum atomic E-state index is 14.1. The topological polar surface area (TPSA) is 79.4 Å². The normalized spacial score (nSPS) is 19.1. The van der Waals surface area contributed by atoms with Crippen LogP contribution in [0.5, 0.6) is 5.75 Å². The lowest BCUT2D eigenvalue weighted by Gasteiger charge is -2.27. The van der Waals surface area contributed by atoms with Crippen molar-refractivity contribution in [1.29, 1.82) is 0 Å². The van der Waals surface area contributed by atoms with Crippen LogP contribution in [0.15, 0.2) is 30.5 Å². The number of hydrogen-bond acceptors (Lipinski definition) is 6. The molecule has 2 aromatic heterocycles. The molecule has 1 saturated carbocycles. The minimum atomic E-state index is -0.419. The van der Waals surface area contributed by atoms with Crippen LogP contribution < -0.4 is 20.3 Å². The molecular weight excluding hydrogens is 457 g/mol. The van der Waals surface area contributed by atoms with E-state index in [1.165, 1.54) is 19.2 Å². The van der Waals surface area contributed by atoms with Gasteiger partial charge in [0, 0.05) is 54.9 Å². The smallest absolute Gasteiger partial charge is 0.255 e. The summed E-state index contributed by atoms with van der Waals surface area (Å²) in [5.41, 5.74) is 4.94. The van der Waals surface area contributed by atoms with Crippen molar-refractivity contribution in [2.24, 2.45) is 0 Å². The van der Waals surface area contributed by atoms with Gasteiger partial charge in [0.15, 0.2) is 0 Å². The van der Waals surface area contributed by atoms with Gasteiger partial charge in [-0.15, -0.1) is 0 Å². The van der Waals surface area contributed by atoms with Gasteiger partial charge in [-0.3, -0.25) is 14.8 Å². The van der Waals surface area contributed by atoms with Gasteiger partial charge in [0.25, 0.3) is 5.91 Å². The molecule has 1 aliphatic heterocycles. The second-order valence-electron chi connectivity index (χ2n) is 10.1. The third-order valence-corrected chi connectivity index (χ3v) is 7.19. The Labute approximate surface area is 211 Å². The summed E-state index contributed by atoms with van der Waals surface area (Å²) in [5.74, 6) is 0.227. The number of anilines is 1. The van der Waals surface area contributed by atoms with Crippen LogP contribution in [0.2, 0.25) is 0 Å². The van der Waals surface area contributed by atoms with Crippen LogP contribution >= 0.6 is 0 Å².